The van der Waals surface area contributed by atoms with Crippen molar-refractivity contribution in [1.82, 2.24) is 10.2 Å². The minimum absolute atomic E-state index is 0.0701. The summed E-state index contributed by atoms with van der Waals surface area (Å²) in [5, 5.41) is 12.5. The molecule has 0 aromatic carbocycles. The molecule has 0 aliphatic heterocycles. The summed E-state index contributed by atoms with van der Waals surface area (Å²) < 4.78 is 0. The quantitative estimate of drug-likeness (QED) is 0.679. The first kappa shape index (κ1) is 11.9. The van der Waals surface area contributed by atoms with Gasteiger partial charge in [-0.1, -0.05) is 6.92 Å². The Hall–Kier alpha value is -0.590. The van der Waals surface area contributed by atoms with Crippen molar-refractivity contribution < 1.29 is 0 Å². The molecule has 1 N–H and O–H groups in total. The summed E-state index contributed by atoms with van der Waals surface area (Å²) in [7, 11) is 0. The van der Waals surface area contributed by atoms with Crippen LogP contribution in [-0.4, -0.2) is 36.6 Å². The van der Waals surface area contributed by atoms with Crippen molar-refractivity contribution in [3.05, 3.63) is 0 Å². The predicted octanol–water partition coefficient (Wildman–Crippen LogP) is 1.75. The summed E-state index contributed by atoms with van der Waals surface area (Å²) in [5.74, 6) is 0.955. The van der Waals surface area contributed by atoms with E-state index < -0.39 is 0 Å². The maximum Gasteiger partial charge on any atom is 0.0967 e. The molecule has 0 amide bonds. The number of rotatable bonds is 8. The molecule has 3 heteroatoms. The highest BCUT2D eigenvalue weighted by Crippen LogP contribution is 2.29. The summed E-state index contributed by atoms with van der Waals surface area (Å²) in [6, 6.07) is 3.10. The van der Waals surface area contributed by atoms with E-state index in [1.165, 1.54) is 32.2 Å². The average Bonchev–Trinajstić information content (AvgIpc) is 3.16. The van der Waals surface area contributed by atoms with Gasteiger partial charge in [0.2, 0.25) is 0 Å². The molecule has 1 atom stereocenters. The molecule has 0 radical (unpaired) electrons. The molecular formula is C13H23N3. The Morgan fingerprint density at radius 1 is 1.38 bits per heavy atom. The average molecular weight is 221 g/mol. The summed E-state index contributed by atoms with van der Waals surface area (Å²) >= 11 is 0. The van der Waals surface area contributed by atoms with Gasteiger partial charge in [0, 0.05) is 19.1 Å². The Balaban J connectivity index is 1.63. The number of nitriles is 1. The largest absolute Gasteiger partial charge is 0.303 e. The van der Waals surface area contributed by atoms with E-state index in [2.05, 4.69) is 23.2 Å². The minimum atomic E-state index is 0.0701. The Morgan fingerprint density at radius 2 is 2.12 bits per heavy atom. The SMILES string of the molecule is CCN(CCC(C#N)NC1CC1)CC1CC1. The van der Waals surface area contributed by atoms with Gasteiger partial charge in [0.05, 0.1) is 12.1 Å². The van der Waals surface area contributed by atoms with Gasteiger partial charge in [-0.15, -0.1) is 0 Å². The summed E-state index contributed by atoms with van der Waals surface area (Å²) in [5.41, 5.74) is 0. The highest BCUT2D eigenvalue weighted by molar-refractivity contribution is 4.96. The van der Waals surface area contributed by atoms with E-state index in [0.717, 1.165) is 25.4 Å². The first-order valence-electron chi connectivity index (χ1n) is 6.69. The van der Waals surface area contributed by atoms with Crippen LogP contribution >= 0.6 is 0 Å². The molecule has 2 rings (SSSR count). The third kappa shape index (κ3) is 4.11. The van der Waals surface area contributed by atoms with Crippen LogP contribution in [0.25, 0.3) is 0 Å². The molecule has 2 aliphatic rings. The highest BCUT2D eigenvalue weighted by Gasteiger charge is 2.26. The van der Waals surface area contributed by atoms with Gasteiger partial charge in [-0.25, -0.2) is 0 Å². The molecule has 1 unspecified atom stereocenters. The zero-order chi connectivity index (χ0) is 11.4. The Labute approximate surface area is 98.8 Å². The molecular weight excluding hydrogens is 198 g/mol. The van der Waals surface area contributed by atoms with Crippen molar-refractivity contribution in [3.63, 3.8) is 0 Å². The lowest BCUT2D eigenvalue weighted by Gasteiger charge is -2.21. The predicted molar refractivity (Wildman–Crippen MR) is 65.0 cm³/mol. The van der Waals surface area contributed by atoms with Crippen LogP contribution in [0.5, 0.6) is 0 Å². The molecule has 2 saturated carbocycles. The molecule has 0 heterocycles. The molecule has 0 bridgehead atoms. The summed E-state index contributed by atoms with van der Waals surface area (Å²) in [4.78, 5) is 2.50. The second-order valence-corrected chi connectivity index (χ2v) is 5.25. The number of hydrogen-bond donors (Lipinski definition) is 1. The van der Waals surface area contributed by atoms with E-state index in [4.69, 9.17) is 5.26 Å². The molecule has 0 spiro atoms. The smallest absolute Gasteiger partial charge is 0.0967 e. The van der Waals surface area contributed by atoms with Crippen molar-refractivity contribution in [1.29, 1.82) is 5.26 Å². The maximum atomic E-state index is 9.05. The maximum absolute atomic E-state index is 9.05. The van der Waals surface area contributed by atoms with Gasteiger partial charge in [-0.05, 0) is 44.6 Å². The standard InChI is InChI=1S/C13H23N3/c1-2-16(10-11-3-4-11)8-7-13(9-14)15-12-5-6-12/h11-13,15H,2-8,10H2,1H3. The van der Waals surface area contributed by atoms with Gasteiger partial charge in [0.25, 0.3) is 0 Å². The van der Waals surface area contributed by atoms with Gasteiger partial charge < -0.3 is 4.90 Å². The lowest BCUT2D eigenvalue weighted by atomic mass is 10.2. The number of nitrogens with zero attached hydrogens (tertiary/aromatic N) is 2. The zero-order valence-electron chi connectivity index (χ0n) is 10.3. The molecule has 0 aromatic heterocycles. The molecule has 16 heavy (non-hydrogen) atoms. The number of hydrogen-bond acceptors (Lipinski definition) is 3. The first-order valence-corrected chi connectivity index (χ1v) is 6.69. The third-order valence-electron chi connectivity index (χ3n) is 3.56. The van der Waals surface area contributed by atoms with E-state index in [9.17, 15) is 0 Å². The Kier molecular flexibility index (Phi) is 4.20. The lowest BCUT2D eigenvalue weighted by Crippen LogP contribution is -2.35. The van der Waals surface area contributed by atoms with Crippen LogP contribution in [0.4, 0.5) is 0 Å². The molecule has 0 aromatic rings. The van der Waals surface area contributed by atoms with Crippen molar-refractivity contribution in [2.24, 2.45) is 5.92 Å². The van der Waals surface area contributed by atoms with Gasteiger partial charge in [-0.3, -0.25) is 5.32 Å². The van der Waals surface area contributed by atoms with E-state index >= 15 is 0 Å². The Morgan fingerprint density at radius 3 is 2.62 bits per heavy atom. The van der Waals surface area contributed by atoms with E-state index in [-0.39, 0.29) is 6.04 Å². The second kappa shape index (κ2) is 5.65. The van der Waals surface area contributed by atoms with Crippen LogP contribution in [0.1, 0.15) is 39.0 Å². The molecule has 3 nitrogen and oxygen atoms in total. The zero-order valence-corrected chi connectivity index (χ0v) is 10.3. The fraction of sp³-hybridized carbons (Fsp3) is 0.923. The Bertz CT molecular complexity index is 250. The van der Waals surface area contributed by atoms with Gasteiger partial charge in [-0.2, -0.15) is 5.26 Å². The summed E-state index contributed by atoms with van der Waals surface area (Å²) in [6.45, 7) is 5.67. The first-order chi connectivity index (χ1) is 7.81. The topological polar surface area (TPSA) is 39.1 Å². The fourth-order valence-corrected chi connectivity index (χ4v) is 2.08. The third-order valence-corrected chi connectivity index (χ3v) is 3.56. The van der Waals surface area contributed by atoms with Gasteiger partial charge in [0.15, 0.2) is 0 Å². The highest BCUT2D eigenvalue weighted by atomic mass is 15.1. The summed E-state index contributed by atoms with van der Waals surface area (Å²) in [6.07, 6.45) is 6.33. The fourth-order valence-electron chi connectivity index (χ4n) is 2.08. The molecule has 0 saturated heterocycles. The van der Waals surface area contributed by atoms with E-state index in [1.807, 2.05) is 0 Å². The van der Waals surface area contributed by atoms with Crippen molar-refractivity contribution in [2.45, 2.75) is 51.1 Å². The van der Waals surface area contributed by atoms with Crippen molar-refractivity contribution in [3.8, 4) is 6.07 Å². The molecule has 90 valence electrons. The monoisotopic (exact) mass is 221 g/mol. The van der Waals surface area contributed by atoms with E-state index in [0.29, 0.717) is 6.04 Å². The van der Waals surface area contributed by atoms with Crippen LogP contribution < -0.4 is 5.32 Å². The van der Waals surface area contributed by atoms with Crippen LogP contribution in [-0.2, 0) is 0 Å². The van der Waals surface area contributed by atoms with Crippen LogP contribution in [0.2, 0.25) is 0 Å². The van der Waals surface area contributed by atoms with Crippen LogP contribution in [0.15, 0.2) is 0 Å². The van der Waals surface area contributed by atoms with Gasteiger partial charge >= 0.3 is 0 Å². The van der Waals surface area contributed by atoms with Crippen LogP contribution in [0.3, 0.4) is 0 Å². The number of nitrogens with one attached hydrogen (secondary N) is 1. The van der Waals surface area contributed by atoms with Crippen molar-refractivity contribution >= 4 is 0 Å². The molecule has 2 fully saturated rings. The lowest BCUT2D eigenvalue weighted by molar-refractivity contribution is 0.265. The van der Waals surface area contributed by atoms with E-state index in [1.54, 1.807) is 0 Å². The van der Waals surface area contributed by atoms with Gasteiger partial charge in [0.1, 0.15) is 0 Å². The van der Waals surface area contributed by atoms with Crippen molar-refractivity contribution in [2.75, 3.05) is 19.6 Å². The second-order valence-electron chi connectivity index (χ2n) is 5.25. The van der Waals surface area contributed by atoms with Crippen LogP contribution in [0, 0.1) is 17.2 Å². The minimum Gasteiger partial charge on any atom is -0.303 e. The normalized spacial score (nSPS) is 22.1. The molecule has 2 aliphatic carbocycles.